The lowest BCUT2D eigenvalue weighted by Gasteiger charge is -2.23. The monoisotopic (exact) mass is 314 g/mol. The number of H-pyrrole nitrogens is 1. The maximum atomic E-state index is 12.1. The van der Waals surface area contributed by atoms with E-state index >= 15 is 0 Å². The van der Waals surface area contributed by atoms with Gasteiger partial charge < -0.3 is 15.4 Å². The molecule has 0 bridgehead atoms. The smallest absolute Gasteiger partial charge is 0.227 e. The third-order valence-electron chi connectivity index (χ3n) is 3.41. The molecule has 8 nitrogen and oxygen atoms in total. The second kappa shape index (κ2) is 6.42. The van der Waals surface area contributed by atoms with Gasteiger partial charge in [-0.15, -0.1) is 12.4 Å². The summed E-state index contributed by atoms with van der Waals surface area (Å²) in [5.74, 6) is 0.536. The molecule has 0 spiro atoms. The van der Waals surface area contributed by atoms with Crippen LogP contribution in [0, 0.1) is 6.92 Å². The van der Waals surface area contributed by atoms with Gasteiger partial charge in [0.2, 0.25) is 5.91 Å². The van der Waals surface area contributed by atoms with Crippen LogP contribution in [0.25, 0.3) is 11.0 Å². The number of hydrogen-bond acceptors (Lipinski definition) is 5. The maximum absolute atomic E-state index is 12.1. The zero-order chi connectivity index (χ0) is 14.1. The van der Waals surface area contributed by atoms with Crippen LogP contribution < -0.4 is 10.6 Å². The highest BCUT2D eigenvalue weighted by atomic mass is 35.5. The number of carbonyl (C=O) groups excluding carboxylic acids is 1. The molecule has 2 aromatic rings. The highest BCUT2D eigenvalue weighted by Gasteiger charge is 2.19. The summed E-state index contributed by atoms with van der Waals surface area (Å²) in [5.41, 5.74) is 1.57. The van der Waals surface area contributed by atoms with E-state index < -0.39 is 0 Å². The topological polar surface area (TPSA) is 96.9 Å². The molecule has 3 N–H and O–H groups in total. The molecule has 21 heavy (non-hydrogen) atoms. The van der Waals surface area contributed by atoms with Crippen LogP contribution in [0.5, 0.6) is 0 Å². The maximum Gasteiger partial charge on any atom is 0.227 e. The number of hydrogen-bond donors (Lipinski definition) is 3. The lowest BCUT2D eigenvalue weighted by Crippen LogP contribution is -2.43. The number of amides is 1. The normalized spacial score (nSPS) is 18.5. The fraction of sp³-hybridized carbons (Fsp3) is 0.583. The zero-order valence-electron chi connectivity index (χ0n) is 12.0. The van der Waals surface area contributed by atoms with E-state index in [-0.39, 0.29) is 24.4 Å². The number of morpholine rings is 1. The number of aromatic nitrogens is 4. The molecule has 1 atom stereocenters. The van der Waals surface area contributed by atoms with Gasteiger partial charge in [0.15, 0.2) is 5.65 Å². The van der Waals surface area contributed by atoms with Crippen molar-refractivity contribution in [1.82, 2.24) is 25.3 Å². The number of nitrogens with one attached hydrogen (secondary N) is 3. The van der Waals surface area contributed by atoms with E-state index in [0.717, 1.165) is 23.3 Å². The van der Waals surface area contributed by atoms with Crippen molar-refractivity contribution in [2.24, 2.45) is 7.05 Å². The van der Waals surface area contributed by atoms with E-state index in [1.807, 2.05) is 14.0 Å². The van der Waals surface area contributed by atoms with Crippen LogP contribution >= 0.6 is 12.4 Å². The fourth-order valence-corrected chi connectivity index (χ4v) is 2.49. The highest BCUT2D eigenvalue weighted by molar-refractivity contribution is 5.99. The van der Waals surface area contributed by atoms with E-state index in [1.54, 1.807) is 4.68 Å². The molecule has 1 aliphatic heterocycles. The average molecular weight is 315 g/mol. The molecular weight excluding hydrogens is 296 g/mol. The van der Waals surface area contributed by atoms with Gasteiger partial charge in [0.25, 0.3) is 0 Å². The van der Waals surface area contributed by atoms with Crippen LogP contribution in [0.2, 0.25) is 0 Å². The van der Waals surface area contributed by atoms with Gasteiger partial charge in [-0.3, -0.25) is 9.89 Å². The Morgan fingerprint density at radius 3 is 3.10 bits per heavy atom. The first-order valence-corrected chi connectivity index (χ1v) is 6.64. The van der Waals surface area contributed by atoms with Crippen molar-refractivity contribution < 1.29 is 9.53 Å². The van der Waals surface area contributed by atoms with Crippen molar-refractivity contribution >= 4 is 35.2 Å². The molecule has 2 aromatic heterocycles. The quantitative estimate of drug-likeness (QED) is 0.759. The number of ether oxygens (including phenoxy) is 1. The Bertz CT molecular complexity index is 631. The summed E-state index contributed by atoms with van der Waals surface area (Å²) in [6, 6.07) is 0.0668. The first-order valence-electron chi connectivity index (χ1n) is 6.64. The number of rotatable bonds is 3. The second-order valence-corrected chi connectivity index (χ2v) is 4.98. The molecule has 1 aliphatic rings. The Kier molecular flexibility index (Phi) is 4.81. The van der Waals surface area contributed by atoms with Gasteiger partial charge >= 0.3 is 0 Å². The van der Waals surface area contributed by atoms with Crippen LogP contribution in [0.15, 0.2) is 0 Å². The summed E-state index contributed by atoms with van der Waals surface area (Å²) in [7, 11) is 1.82. The molecule has 0 aliphatic carbocycles. The number of carbonyl (C=O) groups is 1. The molecule has 1 fully saturated rings. The number of aromatic amines is 1. The number of fused-ring (bicyclic) bond motifs is 1. The van der Waals surface area contributed by atoms with Crippen molar-refractivity contribution in [3.8, 4) is 0 Å². The third-order valence-corrected chi connectivity index (χ3v) is 3.41. The van der Waals surface area contributed by atoms with Gasteiger partial charge in [0.05, 0.1) is 24.3 Å². The largest absolute Gasteiger partial charge is 0.378 e. The average Bonchev–Trinajstić information content (AvgIpc) is 2.94. The predicted molar refractivity (Wildman–Crippen MR) is 80.7 cm³/mol. The summed E-state index contributed by atoms with van der Waals surface area (Å²) >= 11 is 0. The molecule has 9 heteroatoms. The van der Waals surface area contributed by atoms with Gasteiger partial charge in [-0.2, -0.15) is 10.2 Å². The Morgan fingerprint density at radius 1 is 1.57 bits per heavy atom. The molecular formula is C12H19ClN6O2. The standard InChI is InChI=1S/C12H18N6O2.ClH/c1-7-10-11(15-16-12(10)18(2)17-7)14-9(19)5-8-6-20-4-3-13-8;/h8,13H,3-6H2,1-2H3,(H2,14,15,16,19);1H. The Hall–Kier alpha value is -1.64. The number of aryl methyl sites for hydroxylation is 2. The molecule has 0 aromatic carbocycles. The van der Waals surface area contributed by atoms with Crippen molar-refractivity contribution in [1.29, 1.82) is 0 Å². The predicted octanol–water partition coefficient (Wildman–Crippen LogP) is 0.344. The van der Waals surface area contributed by atoms with Crippen LogP contribution in [0.1, 0.15) is 12.1 Å². The summed E-state index contributed by atoms with van der Waals surface area (Å²) < 4.78 is 7.02. The van der Waals surface area contributed by atoms with Crippen LogP contribution in [0.3, 0.4) is 0 Å². The number of halogens is 1. The van der Waals surface area contributed by atoms with Gasteiger partial charge in [-0.25, -0.2) is 4.68 Å². The number of nitrogens with zero attached hydrogens (tertiary/aromatic N) is 3. The van der Waals surface area contributed by atoms with Crippen molar-refractivity contribution in [3.05, 3.63) is 5.69 Å². The van der Waals surface area contributed by atoms with Crippen molar-refractivity contribution in [2.45, 2.75) is 19.4 Å². The van der Waals surface area contributed by atoms with Crippen molar-refractivity contribution in [2.75, 3.05) is 25.1 Å². The molecule has 3 rings (SSSR count). The summed E-state index contributed by atoms with van der Waals surface area (Å²) in [5, 5.41) is 18.3. The Labute approximate surface area is 128 Å². The third kappa shape index (κ3) is 3.17. The lowest BCUT2D eigenvalue weighted by molar-refractivity contribution is -0.117. The first-order chi connectivity index (χ1) is 9.65. The minimum atomic E-state index is -0.0678. The summed E-state index contributed by atoms with van der Waals surface area (Å²) in [4.78, 5) is 12.1. The molecule has 0 radical (unpaired) electrons. The Balaban J connectivity index is 0.00000161. The Morgan fingerprint density at radius 2 is 2.38 bits per heavy atom. The lowest BCUT2D eigenvalue weighted by atomic mass is 10.2. The van der Waals surface area contributed by atoms with Crippen LogP contribution in [-0.4, -0.2) is 51.7 Å². The van der Waals surface area contributed by atoms with E-state index in [1.165, 1.54) is 0 Å². The first kappa shape index (κ1) is 15.7. The van der Waals surface area contributed by atoms with Crippen LogP contribution in [-0.2, 0) is 16.6 Å². The minimum absolute atomic E-state index is 0. The minimum Gasteiger partial charge on any atom is -0.378 e. The van der Waals surface area contributed by atoms with Gasteiger partial charge in [-0.1, -0.05) is 0 Å². The fourth-order valence-electron chi connectivity index (χ4n) is 2.49. The van der Waals surface area contributed by atoms with Crippen molar-refractivity contribution in [3.63, 3.8) is 0 Å². The molecule has 0 saturated carbocycles. The van der Waals surface area contributed by atoms with E-state index in [9.17, 15) is 4.79 Å². The van der Waals surface area contributed by atoms with E-state index in [2.05, 4.69) is 25.9 Å². The van der Waals surface area contributed by atoms with Gasteiger partial charge in [-0.05, 0) is 6.92 Å². The summed E-state index contributed by atoms with van der Waals surface area (Å²) in [6.07, 6.45) is 0.375. The second-order valence-electron chi connectivity index (χ2n) is 4.98. The molecule has 1 unspecified atom stereocenters. The highest BCUT2D eigenvalue weighted by Crippen LogP contribution is 2.23. The number of anilines is 1. The van der Waals surface area contributed by atoms with Gasteiger partial charge in [0.1, 0.15) is 5.82 Å². The molecule has 1 saturated heterocycles. The van der Waals surface area contributed by atoms with E-state index in [4.69, 9.17) is 4.74 Å². The summed E-state index contributed by atoms with van der Waals surface area (Å²) in [6.45, 7) is 3.95. The van der Waals surface area contributed by atoms with Crippen LogP contribution in [0.4, 0.5) is 5.82 Å². The van der Waals surface area contributed by atoms with Gasteiger partial charge in [0, 0.05) is 26.1 Å². The molecule has 116 valence electrons. The van der Waals surface area contributed by atoms with E-state index in [0.29, 0.717) is 25.5 Å². The zero-order valence-corrected chi connectivity index (χ0v) is 12.8. The molecule has 1 amide bonds. The molecule has 3 heterocycles. The SMILES string of the molecule is Cc1nn(C)c2n[nH]c(NC(=O)CC3COCCN3)c12.Cl.